The van der Waals surface area contributed by atoms with Crippen LogP contribution in [0.25, 0.3) is 0 Å². The number of hydrogen-bond acceptors (Lipinski definition) is 4. The van der Waals surface area contributed by atoms with Crippen LogP contribution in [0.1, 0.15) is 0 Å². The van der Waals surface area contributed by atoms with Crippen LogP contribution < -0.4 is 5.32 Å². The molecule has 0 aliphatic heterocycles. The Balaban J connectivity index is 1.97. The first-order valence-electron chi connectivity index (χ1n) is 5.20. The molecule has 1 N–H and O–H groups in total. The van der Waals surface area contributed by atoms with E-state index >= 15 is 0 Å². The standard InChI is InChI=1S/C11H12N4O2/c16-15(17)11-4-2-1-3-10(11)13-6-8-14-7-5-12-9-14/h1-5,7,9,13H,6,8H2. The molecule has 0 unspecified atom stereocenters. The van der Waals surface area contributed by atoms with Crippen molar-refractivity contribution in [1.82, 2.24) is 9.55 Å². The van der Waals surface area contributed by atoms with E-state index in [0.29, 0.717) is 18.8 Å². The number of anilines is 1. The van der Waals surface area contributed by atoms with Gasteiger partial charge >= 0.3 is 0 Å². The average molecular weight is 232 g/mol. The highest BCUT2D eigenvalue weighted by Crippen LogP contribution is 2.22. The SMILES string of the molecule is O=[N+]([O-])c1ccccc1NCCn1ccnc1. The first kappa shape index (κ1) is 11.1. The number of rotatable bonds is 5. The Morgan fingerprint density at radius 3 is 2.94 bits per heavy atom. The number of nitro benzene ring substituents is 1. The molecule has 0 atom stereocenters. The van der Waals surface area contributed by atoms with Gasteiger partial charge in [-0.05, 0) is 6.07 Å². The molecule has 0 spiro atoms. The van der Waals surface area contributed by atoms with Gasteiger partial charge in [-0.2, -0.15) is 0 Å². The monoisotopic (exact) mass is 232 g/mol. The van der Waals surface area contributed by atoms with Crippen molar-refractivity contribution in [2.75, 3.05) is 11.9 Å². The molecule has 0 aliphatic rings. The van der Waals surface area contributed by atoms with E-state index in [1.54, 1.807) is 30.7 Å². The fourth-order valence-electron chi connectivity index (χ4n) is 1.52. The van der Waals surface area contributed by atoms with Crippen LogP contribution >= 0.6 is 0 Å². The van der Waals surface area contributed by atoms with E-state index in [-0.39, 0.29) is 10.6 Å². The van der Waals surface area contributed by atoms with E-state index in [9.17, 15) is 10.1 Å². The quantitative estimate of drug-likeness (QED) is 0.631. The summed E-state index contributed by atoms with van der Waals surface area (Å²) >= 11 is 0. The minimum atomic E-state index is -0.389. The van der Waals surface area contributed by atoms with Gasteiger partial charge < -0.3 is 9.88 Å². The van der Waals surface area contributed by atoms with Crippen molar-refractivity contribution >= 4 is 11.4 Å². The smallest absolute Gasteiger partial charge is 0.292 e. The summed E-state index contributed by atoms with van der Waals surface area (Å²) in [6, 6.07) is 6.61. The number of hydrogen-bond donors (Lipinski definition) is 1. The number of nitrogens with one attached hydrogen (secondary N) is 1. The van der Waals surface area contributed by atoms with Crippen LogP contribution in [0.5, 0.6) is 0 Å². The molecular weight excluding hydrogens is 220 g/mol. The van der Waals surface area contributed by atoms with Gasteiger partial charge in [-0.3, -0.25) is 10.1 Å². The lowest BCUT2D eigenvalue weighted by Crippen LogP contribution is -2.10. The molecule has 0 aliphatic carbocycles. The molecule has 0 bridgehead atoms. The molecule has 6 heteroatoms. The van der Waals surface area contributed by atoms with Gasteiger partial charge in [0.15, 0.2) is 0 Å². The molecule has 17 heavy (non-hydrogen) atoms. The zero-order valence-corrected chi connectivity index (χ0v) is 9.11. The van der Waals surface area contributed by atoms with Crippen molar-refractivity contribution < 1.29 is 4.92 Å². The Kier molecular flexibility index (Phi) is 3.34. The average Bonchev–Trinajstić information content (AvgIpc) is 2.82. The predicted molar refractivity (Wildman–Crippen MR) is 63.8 cm³/mol. The largest absolute Gasteiger partial charge is 0.378 e. The molecule has 2 aromatic rings. The van der Waals surface area contributed by atoms with Gasteiger partial charge in [-0.15, -0.1) is 0 Å². The number of aromatic nitrogens is 2. The Morgan fingerprint density at radius 1 is 1.41 bits per heavy atom. The van der Waals surface area contributed by atoms with E-state index in [1.165, 1.54) is 6.07 Å². The molecule has 0 saturated heterocycles. The zero-order valence-electron chi connectivity index (χ0n) is 9.11. The molecule has 1 aromatic heterocycles. The lowest BCUT2D eigenvalue weighted by Gasteiger charge is -2.07. The van der Waals surface area contributed by atoms with Gasteiger partial charge in [0.05, 0.1) is 11.3 Å². The molecule has 0 radical (unpaired) electrons. The van der Waals surface area contributed by atoms with Gasteiger partial charge in [0, 0.05) is 31.5 Å². The van der Waals surface area contributed by atoms with Crippen molar-refractivity contribution in [1.29, 1.82) is 0 Å². The first-order chi connectivity index (χ1) is 8.27. The van der Waals surface area contributed by atoms with Crippen molar-refractivity contribution in [2.24, 2.45) is 0 Å². The minimum Gasteiger partial charge on any atom is -0.378 e. The van der Waals surface area contributed by atoms with Crippen LogP contribution in [0, 0.1) is 10.1 Å². The third-order valence-corrected chi connectivity index (χ3v) is 2.35. The van der Waals surface area contributed by atoms with Gasteiger partial charge in [0.25, 0.3) is 5.69 Å². The van der Waals surface area contributed by atoms with E-state index < -0.39 is 0 Å². The molecule has 2 rings (SSSR count). The summed E-state index contributed by atoms with van der Waals surface area (Å²) in [6.45, 7) is 1.33. The lowest BCUT2D eigenvalue weighted by atomic mass is 10.2. The molecule has 88 valence electrons. The highest BCUT2D eigenvalue weighted by molar-refractivity contribution is 5.60. The zero-order chi connectivity index (χ0) is 12.1. The summed E-state index contributed by atoms with van der Waals surface area (Å²) in [5, 5.41) is 13.8. The van der Waals surface area contributed by atoms with Crippen LogP contribution in [0.3, 0.4) is 0 Å². The van der Waals surface area contributed by atoms with Gasteiger partial charge in [-0.25, -0.2) is 4.98 Å². The van der Waals surface area contributed by atoms with Crippen molar-refractivity contribution in [2.45, 2.75) is 6.54 Å². The molecule has 6 nitrogen and oxygen atoms in total. The summed E-state index contributed by atoms with van der Waals surface area (Å²) in [4.78, 5) is 14.3. The third kappa shape index (κ3) is 2.81. The fraction of sp³-hybridized carbons (Fsp3) is 0.182. The van der Waals surface area contributed by atoms with Crippen LogP contribution in [0.15, 0.2) is 43.0 Å². The number of nitrogens with zero attached hydrogens (tertiary/aromatic N) is 3. The number of para-hydroxylation sites is 2. The van der Waals surface area contributed by atoms with Crippen LogP contribution in [0.4, 0.5) is 11.4 Å². The second kappa shape index (κ2) is 5.11. The summed E-state index contributed by atoms with van der Waals surface area (Å²) in [7, 11) is 0. The molecule has 1 aromatic carbocycles. The Hall–Kier alpha value is -2.37. The van der Waals surface area contributed by atoms with Crippen molar-refractivity contribution in [3.05, 3.63) is 53.1 Å². The van der Waals surface area contributed by atoms with E-state index in [4.69, 9.17) is 0 Å². The van der Waals surface area contributed by atoms with Crippen LogP contribution in [0.2, 0.25) is 0 Å². The van der Waals surface area contributed by atoms with E-state index in [1.807, 2.05) is 10.8 Å². The molecule has 1 heterocycles. The maximum absolute atomic E-state index is 10.8. The summed E-state index contributed by atoms with van der Waals surface area (Å²) in [6.07, 6.45) is 5.26. The molecule has 0 fully saturated rings. The topological polar surface area (TPSA) is 73.0 Å². The third-order valence-electron chi connectivity index (χ3n) is 2.35. The van der Waals surface area contributed by atoms with Crippen LogP contribution in [-0.2, 0) is 6.54 Å². The summed E-state index contributed by atoms with van der Waals surface area (Å²) < 4.78 is 1.90. The second-order valence-corrected chi connectivity index (χ2v) is 3.50. The predicted octanol–water partition coefficient (Wildman–Crippen LogP) is 1.90. The second-order valence-electron chi connectivity index (χ2n) is 3.50. The number of nitro groups is 1. The van der Waals surface area contributed by atoms with Gasteiger partial charge in [0.1, 0.15) is 5.69 Å². The Labute approximate surface area is 98.1 Å². The molecule has 0 amide bonds. The molecular formula is C11H12N4O2. The maximum Gasteiger partial charge on any atom is 0.292 e. The van der Waals surface area contributed by atoms with E-state index in [0.717, 1.165) is 0 Å². The lowest BCUT2D eigenvalue weighted by molar-refractivity contribution is -0.384. The minimum absolute atomic E-state index is 0.0955. The fourth-order valence-corrected chi connectivity index (χ4v) is 1.52. The van der Waals surface area contributed by atoms with Gasteiger partial charge in [-0.1, -0.05) is 12.1 Å². The van der Waals surface area contributed by atoms with E-state index in [2.05, 4.69) is 10.3 Å². The Morgan fingerprint density at radius 2 is 2.24 bits per heavy atom. The first-order valence-corrected chi connectivity index (χ1v) is 5.20. The number of benzene rings is 1. The van der Waals surface area contributed by atoms with Crippen molar-refractivity contribution in [3.63, 3.8) is 0 Å². The van der Waals surface area contributed by atoms with Crippen molar-refractivity contribution in [3.8, 4) is 0 Å². The number of imidazole rings is 1. The Bertz CT molecular complexity index is 496. The van der Waals surface area contributed by atoms with Gasteiger partial charge in [0.2, 0.25) is 0 Å². The summed E-state index contributed by atoms with van der Waals surface area (Å²) in [5.74, 6) is 0. The highest BCUT2D eigenvalue weighted by Gasteiger charge is 2.10. The normalized spacial score (nSPS) is 10.1. The molecule has 0 saturated carbocycles. The highest BCUT2D eigenvalue weighted by atomic mass is 16.6. The van der Waals surface area contributed by atoms with Crippen LogP contribution in [-0.4, -0.2) is 21.0 Å². The summed E-state index contributed by atoms with van der Waals surface area (Å²) in [5.41, 5.74) is 0.635. The maximum atomic E-state index is 10.8.